The summed E-state index contributed by atoms with van der Waals surface area (Å²) in [4.78, 5) is 8.06. The standard InChI is InChI=1S/C23H22F5N3O2/c1-11-29-9-13-16(8-7-14(24)18(13)30-11)31-20-12-5-6-15(25)19(33-4)17(12)21(2,3)10-22(20,32)23(26,27)28/h5-9,20,31-32H,10H2,1-4H3. The van der Waals surface area contributed by atoms with Gasteiger partial charge in [0.05, 0.1) is 13.2 Å². The highest BCUT2D eigenvalue weighted by Crippen LogP contribution is 2.56. The molecule has 0 saturated heterocycles. The molecule has 10 heteroatoms. The third kappa shape index (κ3) is 3.56. The SMILES string of the molecule is COc1c(F)ccc2c1C(C)(C)CC(O)(C(F)(F)F)C2Nc1ccc(F)c2nc(C)ncc12. The maximum absolute atomic E-state index is 14.5. The van der Waals surface area contributed by atoms with Gasteiger partial charge < -0.3 is 15.2 Å². The van der Waals surface area contributed by atoms with E-state index >= 15 is 0 Å². The molecule has 5 nitrogen and oxygen atoms in total. The number of aliphatic hydroxyl groups is 1. The topological polar surface area (TPSA) is 67.3 Å². The fourth-order valence-electron chi connectivity index (χ4n) is 4.75. The molecule has 2 unspecified atom stereocenters. The van der Waals surface area contributed by atoms with Gasteiger partial charge in [-0.05, 0) is 42.5 Å². The molecular formula is C23H22F5N3O2. The summed E-state index contributed by atoms with van der Waals surface area (Å²) in [6, 6.07) is 2.79. The van der Waals surface area contributed by atoms with Crippen molar-refractivity contribution in [3.63, 3.8) is 0 Å². The summed E-state index contributed by atoms with van der Waals surface area (Å²) in [6.07, 6.45) is -4.50. The number of anilines is 1. The molecular weight excluding hydrogens is 445 g/mol. The number of nitrogens with zero attached hydrogens (tertiary/aromatic N) is 2. The zero-order chi connectivity index (χ0) is 24.3. The second kappa shape index (κ2) is 7.51. The first-order valence-electron chi connectivity index (χ1n) is 10.1. The van der Waals surface area contributed by atoms with Crippen LogP contribution in [0.25, 0.3) is 10.9 Å². The molecule has 0 saturated carbocycles. The number of aryl methyl sites for hydroxylation is 1. The average molecular weight is 467 g/mol. The Hall–Kier alpha value is -3.01. The maximum Gasteiger partial charge on any atom is 0.419 e. The third-order valence-electron chi connectivity index (χ3n) is 6.14. The number of methoxy groups -OCH3 is 1. The molecule has 0 bridgehead atoms. The highest BCUT2D eigenvalue weighted by Gasteiger charge is 2.64. The zero-order valence-corrected chi connectivity index (χ0v) is 18.3. The van der Waals surface area contributed by atoms with Gasteiger partial charge in [0.15, 0.2) is 17.2 Å². The van der Waals surface area contributed by atoms with Crippen LogP contribution in [-0.2, 0) is 5.41 Å². The van der Waals surface area contributed by atoms with Crippen molar-refractivity contribution in [2.45, 2.75) is 50.4 Å². The Morgan fingerprint density at radius 1 is 1.12 bits per heavy atom. The number of hydrogen-bond acceptors (Lipinski definition) is 5. The van der Waals surface area contributed by atoms with E-state index in [1.54, 1.807) is 6.92 Å². The fraction of sp³-hybridized carbons (Fsp3) is 0.391. The second-order valence-electron chi connectivity index (χ2n) is 8.88. The van der Waals surface area contributed by atoms with E-state index in [2.05, 4.69) is 15.3 Å². The van der Waals surface area contributed by atoms with E-state index < -0.39 is 41.3 Å². The molecule has 3 aromatic rings. The Labute approximate surface area is 186 Å². The Balaban J connectivity index is 1.98. The van der Waals surface area contributed by atoms with Crippen LogP contribution in [0.3, 0.4) is 0 Å². The summed E-state index contributed by atoms with van der Waals surface area (Å²) < 4.78 is 77.0. The lowest BCUT2D eigenvalue weighted by Crippen LogP contribution is -2.58. The minimum atomic E-state index is -5.04. The lowest BCUT2D eigenvalue weighted by molar-refractivity contribution is -0.275. The first-order valence-corrected chi connectivity index (χ1v) is 10.1. The van der Waals surface area contributed by atoms with Crippen LogP contribution < -0.4 is 10.1 Å². The van der Waals surface area contributed by atoms with Crippen LogP contribution in [0.2, 0.25) is 0 Å². The van der Waals surface area contributed by atoms with Crippen molar-refractivity contribution in [3.05, 3.63) is 59.0 Å². The third-order valence-corrected chi connectivity index (χ3v) is 6.14. The van der Waals surface area contributed by atoms with Crippen LogP contribution in [0.5, 0.6) is 5.75 Å². The molecule has 4 rings (SSSR count). The number of halogens is 5. The first kappa shape index (κ1) is 23.2. The minimum absolute atomic E-state index is 0.0230. The molecule has 1 heterocycles. The maximum atomic E-state index is 14.5. The van der Waals surface area contributed by atoms with Gasteiger partial charge in [0.1, 0.15) is 17.2 Å². The lowest BCUT2D eigenvalue weighted by atomic mass is 9.63. The van der Waals surface area contributed by atoms with E-state index in [4.69, 9.17) is 4.74 Å². The summed E-state index contributed by atoms with van der Waals surface area (Å²) in [5, 5.41) is 14.0. The van der Waals surface area contributed by atoms with Gasteiger partial charge in [-0.1, -0.05) is 19.9 Å². The summed E-state index contributed by atoms with van der Waals surface area (Å²) in [5.41, 5.74) is -4.25. The highest BCUT2D eigenvalue weighted by molar-refractivity contribution is 5.91. The largest absolute Gasteiger partial charge is 0.493 e. The summed E-state index contributed by atoms with van der Waals surface area (Å²) in [7, 11) is 1.23. The molecule has 0 aliphatic heterocycles. The predicted octanol–water partition coefficient (Wildman–Crippen LogP) is 5.35. The quantitative estimate of drug-likeness (QED) is 0.508. The lowest BCUT2D eigenvalue weighted by Gasteiger charge is -2.49. The number of rotatable bonds is 3. The monoisotopic (exact) mass is 467 g/mol. The van der Waals surface area contributed by atoms with Gasteiger partial charge in [-0.25, -0.2) is 18.7 Å². The number of fused-ring (bicyclic) bond motifs is 2. The Kier molecular flexibility index (Phi) is 5.27. The summed E-state index contributed by atoms with van der Waals surface area (Å²) >= 11 is 0. The smallest absolute Gasteiger partial charge is 0.419 e. The van der Waals surface area contributed by atoms with E-state index in [0.29, 0.717) is 0 Å². The van der Waals surface area contributed by atoms with Crippen molar-refractivity contribution >= 4 is 16.6 Å². The van der Waals surface area contributed by atoms with Gasteiger partial charge in [-0.2, -0.15) is 13.2 Å². The summed E-state index contributed by atoms with van der Waals surface area (Å²) in [5.74, 6) is -1.29. The Bertz CT molecular complexity index is 1240. The second-order valence-corrected chi connectivity index (χ2v) is 8.88. The molecule has 1 aromatic heterocycles. The molecule has 33 heavy (non-hydrogen) atoms. The molecule has 0 spiro atoms. The van der Waals surface area contributed by atoms with Crippen LogP contribution in [-0.4, -0.2) is 34.0 Å². The van der Waals surface area contributed by atoms with Crippen molar-refractivity contribution in [1.29, 1.82) is 0 Å². The molecule has 2 N–H and O–H groups in total. The van der Waals surface area contributed by atoms with Crippen molar-refractivity contribution in [1.82, 2.24) is 9.97 Å². The predicted molar refractivity (Wildman–Crippen MR) is 112 cm³/mol. The Morgan fingerprint density at radius 3 is 2.42 bits per heavy atom. The molecule has 0 radical (unpaired) electrons. The molecule has 176 valence electrons. The number of aromatic nitrogens is 2. The molecule has 0 fully saturated rings. The number of hydrogen-bond donors (Lipinski definition) is 2. The molecule has 1 aliphatic carbocycles. The van der Waals surface area contributed by atoms with Crippen molar-refractivity contribution in [3.8, 4) is 5.75 Å². The van der Waals surface area contributed by atoms with E-state index in [9.17, 15) is 27.1 Å². The normalized spacial score (nSPS) is 22.2. The van der Waals surface area contributed by atoms with Crippen molar-refractivity contribution in [2.75, 3.05) is 12.4 Å². The van der Waals surface area contributed by atoms with Crippen LogP contribution in [0.15, 0.2) is 30.5 Å². The van der Waals surface area contributed by atoms with Crippen LogP contribution in [0.1, 0.15) is 43.3 Å². The first-order chi connectivity index (χ1) is 15.3. The molecule has 1 aliphatic rings. The van der Waals surface area contributed by atoms with E-state index in [-0.39, 0.29) is 39.3 Å². The van der Waals surface area contributed by atoms with E-state index in [1.165, 1.54) is 39.3 Å². The Morgan fingerprint density at radius 2 is 1.79 bits per heavy atom. The molecule has 2 atom stereocenters. The van der Waals surface area contributed by atoms with Gasteiger partial charge in [0.2, 0.25) is 0 Å². The summed E-state index contributed by atoms with van der Waals surface area (Å²) in [6.45, 7) is 4.54. The van der Waals surface area contributed by atoms with Gasteiger partial charge in [-0.3, -0.25) is 0 Å². The number of ether oxygens (including phenoxy) is 1. The molecule has 2 aromatic carbocycles. The average Bonchev–Trinajstić information content (AvgIpc) is 2.71. The molecule has 0 amide bonds. The number of benzene rings is 2. The van der Waals surface area contributed by atoms with Crippen molar-refractivity contribution in [2.24, 2.45) is 0 Å². The highest BCUT2D eigenvalue weighted by atomic mass is 19.4. The fourth-order valence-corrected chi connectivity index (χ4v) is 4.75. The van der Waals surface area contributed by atoms with E-state index in [0.717, 1.165) is 12.1 Å². The van der Waals surface area contributed by atoms with Crippen molar-refractivity contribution < 1.29 is 31.8 Å². The van der Waals surface area contributed by atoms with Gasteiger partial charge in [-0.15, -0.1) is 0 Å². The van der Waals surface area contributed by atoms with Crippen LogP contribution in [0.4, 0.5) is 27.6 Å². The number of alkyl halides is 3. The zero-order valence-electron chi connectivity index (χ0n) is 18.3. The van der Waals surface area contributed by atoms with Gasteiger partial charge in [0.25, 0.3) is 0 Å². The minimum Gasteiger partial charge on any atom is -0.493 e. The van der Waals surface area contributed by atoms with Crippen LogP contribution >= 0.6 is 0 Å². The number of nitrogens with one attached hydrogen (secondary N) is 1. The van der Waals surface area contributed by atoms with Gasteiger partial charge in [0, 0.05) is 22.8 Å². The van der Waals surface area contributed by atoms with Gasteiger partial charge >= 0.3 is 6.18 Å². The van der Waals surface area contributed by atoms with E-state index in [1.807, 2.05) is 0 Å². The van der Waals surface area contributed by atoms with Crippen LogP contribution in [0, 0.1) is 18.6 Å².